The Morgan fingerprint density at radius 1 is 1.24 bits per heavy atom. The Labute approximate surface area is 122 Å². The lowest BCUT2D eigenvalue weighted by atomic mass is 10.1. The van der Waals surface area contributed by atoms with Crippen molar-refractivity contribution in [1.82, 2.24) is 5.32 Å². The molecule has 0 aliphatic rings. The van der Waals surface area contributed by atoms with Gasteiger partial charge >= 0.3 is 6.61 Å². The van der Waals surface area contributed by atoms with Crippen LogP contribution in [0.25, 0.3) is 0 Å². The standard InChI is InChI=1S/C14H19F2NO4/c1-10(17-13(18)9-20-8-7-19-2)11-3-5-12(6-4-11)21-14(15)16/h3-6,10,14H,7-9H2,1-2H3,(H,17,18). The van der Waals surface area contributed by atoms with E-state index in [2.05, 4.69) is 10.1 Å². The molecule has 0 aromatic heterocycles. The summed E-state index contributed by atoms with van der Waals surface area (Å²) in [6.07, 6.45) is 0. The normalized spacial score (nSPS) is 12.2. The van der Waals surface area contributed by atoms with Crippen LogP contribution in [0.5, 0.6) is 5.75 Å². The number of hydrogen-bond donors (Lipinski definition) is 1. The number of rotatable bonds is 9. The monoisotopic (exact) mass is 303 g/mol. The summed E-state index contributed by atoms with van der Waals surface area (Å²) in [7, 11) is 1.55. The molecule has 7 heteroatoms. The fourth-order valence-electron chi connectivity index (χ4n) is 1.61. The Morgan fingerprint density at radius 2 is 1.90 bits per heavy atom. The van der Waals surface area contributed by atoms with Crippen molar-refractivity contribution in [1.29, 1.82) is 0 Å². The molecule has 1 N–H and O–H groups in total. The van der Waals surface area contributed by atoms with Gasteiger partial charge in [0.05, 0.1) is 19.3 Å². The Hall–Kier alpha value is -1.73. The summed E-state index contributed by atoms with van der Waals surface area (Å²) in [6.45, 7) is -0.347. The zero-order chi connectivity index (χ0) is 15.7. The quantitative estimate of drug-likeness (QED) is 0.710. The fraction of sp³-hybridized carbons (Fsp3) is 0.500. The van der Waals surface area contributed by atoms with Gasteiger partial charge in [-0.1, -0.05) is 12.1 Å². The summed E-state index contributed by atoms with van der Waals surface area (Å²) in [5, 5.41) is 2.74. The summed E-state index contributed by atoms with van der Waals surface area (Å²) in [5.41, 5.74) is 0.779. The third-order valence-electron chi connectivity index (χ3n) is 2.65. The van der Waals surface area contributed by atoms with Gasteiger partial charge in [0.15, 0.2) is 0 Å². The SMILES string of the molecule is COCCOCC(=O)NC(C)c1ccc(OC(F)F)cc1. The van der Waals surface area contributed by atoms with Crippen molar-refractivity contribution in [3.05, 3.63) is 29.8 Å². The van der Waals surface area contributed by atoms with Crippen LogP contribution in [0.4, 0.5) is 8.78 Å². The first kappa shape index (κ1) is 17.3. The maximum atomic E-state index is 12.0. The van der Waals surface area contributed by atoms with Gasteiger partial charge in [0, 0.05) is 7.11 Å². The number of hydrogen-bond acceptors (Lipinski definition) is 4. The van der Waals surface area contributed by atoms with Gasteiger partial charge in [-0.05, 0) is 24.6 Å². The molecule has 118 valence electrons. The summed E-state index contributed by atoms with van der Waals surface area (Å²) in [6, 6.07) is 5.84. The predicted octanol–water partition coefficient (Wildman–Crippen LogP) is 2.13. The van der Waals surface area contributed by atoms with E-state index in [4.69, 9.17) is 9.47 Å². The molecule has 1 aromatic carbocycles. The highest BCUT2D eigenvalue weighted by Gasteiger charge is 2.10. The van der Waals surface area contributed by atoms with Gasteiger partial charge < -0.3 is 19.5 Å². The molecular weight excluding hydrogens is 284 g/mol. The molecule has 0 saturated heterocycles. The third-order valence-corrected chi connectivity index (χ3v) is 2.65. The van der Waals surface area contributed by atoms with Crippen LogP contribution in [0.3, 0.4) is 0 Å². The summed E-state index contributed by atoms with van der Waals surface area (Å²) in [4.78, 5) is 11.6. The Morgan fingerprint density at radius 3 is 2.48 bits per heavy atom. The Bertz CT molecular complexity index is 425. The predicted molar refractivity (Wildman–Crippen MR) is 72.3 cm³/mol. The first-order chi connectivity index (χ1) is 10.0. The van der Waals surface area contributed by atoms with Crippen LogP contribution in [-0.4, -0.2) is 39.4 Å². The minimum absolute atomic E-state index is 0.0553. The van der Waals surface area contributed by atoms with Crippen LogP contribution in [0.2, 0.25) is 0 Å². The van der Waals surface area contributed by atoms with Gasteiger partial charge in [0.25, 0.3) is 0 Å². The number of ether oxygens (including phenoxy) is 3. The molecule has 1 amide bonds. The largest absolute Gasteiger partial charge is 0.435 e. The average Bonchev–Trinajstić information content (AvgIpc) is 2.43. The van der Waals surface area contributed by atoms with Crippen LogP contribution in [0, 0.1) is 0 Å². The lowest BCUT2D eigenvalue weighted by Crippen LogP contribution is -2.30. The van der Waals surface area contributed by atoms with E-state index in [9.17, 15) is 13.6 Å². The molecule has 0 aliphatic heterocycles. The smallest absolute Gasteiger partial charge is 0.387 e. The van der Waals surface area contributed by atoms with E-state index in [1.54, 1.807) is 26.2 Å². The number of halogens is 2. The van der Waals surface area contributed by atoms with Crippen molar-refractivity contribution in [2.75, 3.05) is 26.9 Å². The molecule has 0 heterocycles. The minimum atomic E-state index is -2.85. The summed E-state index contributed by atoms with van der Waals surface area (Å²) < 4.78 is 38.2. The van der Waals surface area contributed by atoms with E-state index in [1.807, 2.05) is 0 Å². The maximum absolute atomic E-state index is 12.0. The fourth-order valence-corrected chi connectivity index (χ4v) is 1.61. The van der Waals surface area contributed by atoms with Crippen molar-refractivity contribution in [3.63, 3.8) is 0 Å². The summed E-state index contributed by atoms with van der Waals surface area (Å²) in [5.74, 6) is -0.179. The topological polar surface area (TPSA) is 56.8 Å². The van der Waals surface area contributed by atoms with Gasteiger partial charge in [0.1, 0.15) is 12.4 Å². The van der Waals surface area contributed by atoms with Crippen LogP contribution in [0.1, 0.15) is 18.5 Å². The molecule has 1 aromatic rings. The first-order valence-electron chi connectivity index (χ1n) is 6.43. The number of amides is 1. The molecule has 0 fully saturated rings. The molecule has 21 heavy (non-hydrogen) atoms. The van der Waals surface area contributed by atoms with E-state index in [-0.39, 0.29) is 24.3 Å². The lowest BCUT2D eigenvalue weighted by Gasteiger charge is -2.15. The molecule has 1 atom stereocenters. The average molecular weight is 303 g/mol. The first-order valence-corrected chi connectivity index (χ1v) is 6.43. The molecule has 1 unspecified atom stereocenters. The highest BCUT2D eigenvalue weighted by Crippen LogP contribution is 2.19. The van der Waals surface area contributed by atoms with Gasteiger partial charge in [-0.15, -0.1) is 0 Å². The molecule has 1 rings (SSSR count). The van der Waals surface area contributed by atoms with Crippen molar-refractivity contribution < 1.29 is 27.8 Å². The zero-order valence-corrected chi connectivity index (χ0v) is 12.0. The zero-order valence-electron chi connectivity index (χ0n) is 12.0. The number of carbonyl (C=O) groups is 1. The highest BCUT2D eigenvalue weighted by atomic mass is 19.3. The second-order valence-electron chi connectivity index (χ2n) is 4.28. The second kappa shape index (κ2) is 9.25. The lowest BCUT2D eigenvalue weighted by molar-refractivity contribution is -0.126. The Balaban J connectivity index is 2.40. The molecule has 0 aliphatic carbocycles. The molecule has 5 nitrogen and oxygen atoms in total. The Kier molecular flexibility index (Phi) is 7.63. The van der Waals surface area contributed by atoms with E-state index >= 15 is 0 Å². The van der Waals surface area contributed by atoms with Gasteiger partial charge in [0.2, 0.25) is 5.91 Å². The molecule has 0 radical (unpaired) electrons. The second-order valence-corrected chi connectivity index (χ2v) is 4.28. The van der Waals surface area contributed by atoms with Crippen LogP contribution in [0.15, 0.2) is 24.3 Å². The van der Waals surface area contributed by atoms with E-state index in [0.29, 0.717) is 13.2 Å². The molecule has 0 saturated carbocycles. The van der Waals surface area contributed by atoms with E-state index in [1.165, 1.54) is 12.1 Å². The molecule has 0 bridgehead atoms. The number of carbonyl (C=O) groups excluding carboxylic acids is 1. The van der Waals surface area contributed by atoms with Crippen LogP contribution >= 0.6 is 0 Å². The number of methoxy groups -OCH3 is 1. The third kappa shape index (κ3) is 7.01. The van der Waals surface area contributed by atoms with Crippen LogP contribution < -0.4 is 10.1 Å². The molecule has 0 spiro atoms. The van der Waals surface area contributed by atoms with Gasteiger partial charge in [-0.2, -0.15) is 8.78 Å². The minimum Gasteiger partial charge on any atom is -0.435 e. The van der Waals surface area contributed by atoms with E-state index < -0.39 is 6.61 Å². The van der Waals surface area contributed by atoms with Crippen molar-refractivity contribution in [2.24, 2.45) is 0 Å². The number of benzene rings is 1. The number of nitrogens with one attached hydrogen (secondary N) is 1. The van der Waals surface area contributed by atoms with Crippen molar-refractivity contribution in [3.8, 4) is 5.75 Å². The highest BCUT2D eigenvalue weighted by molar-refractivity contribution is 5.77. The van der Waals surface area contributed by atoms with Crippen molar-refractivity contribution >= 4 is 5.91 Å². The summed E-state index contributed by atoms with van der Waals surface area (Å²) >= 11 is 0. The van der Waals surface area contributed by atoms with Crippen molar-refractivity contribution in [2.45, 2.75) is 19.6 Å². The van der Waals surface area contributed by atoms with E-state index in [0.717, 1.165) is 5.56 Å². The van der Waals surface area contributed by atoms with Gasteiger partial charge in [-0.3, -0.25) is 4.79 Å². The molecular formula is C14H19F2NO4. The maximum Gasteiger partial charge on any atom is 0.387 e. The van der Waals surface area contributed by atoms with Gasteiger partial charge in [-0.25, -0.2) is 0 Å². The number of alkyl halides is 2. The van der Waals surface area contributed by atoms with Crippen LogP contribution in [-0.2, 0) is 14.3 Å².